The monoisotopic (exact) mass is 323 g/mol. The highest BCUT2D eigenvalue weighted by Gasteiger charge is 2.28. The normalized spacial score (nSPS) is 22.1. The number of anilines is 1. The molecule has 2 atom stereocenters. The Morgan fingerprint density at radius 1 is 1.33 bits per heavy atom. The third-order valence-electron chi connectivity index (χ3n) is 3.20. The summed E-state index contributed by atoms with van der Waals surface area (Å²) in [6.07, 6.45) is 0. The Kier molecular flexibility index (Phi) is 4.60. The van der Waals surface area contributed by atoms with Crippen LogP contribution in [0.25, 0.3) is 0 Å². The maximum Gasteiger partial charge on any atom is 0.264 e. The van der Waals surface area contributed by atoms with Crippen LogP contribution in [0.5, 0.6) is 5.75 Å². The van der Waals surface area contributed by atoms with Crippen LogP contribution in [0.3, 0.4) is 0 Å². The molecule has 1 saturated heterocycles. The van der Waals surface area contributed by atoms with E-state index >= 15 is 0 Å². The zero-order valence-electron chi connectivity index (χ0n) is 11.7. The van der Waals surface area contributed by atoms with E-state index in [1.165, 1.54) is 5.75 Å². The van der Waals surface area contributed by atoms with Crippen molar-refractivity contribution in [3.05, 3.63) is 36.0 Å². The van der Waals surface area contributed by atoms with E-state index in [2.05, 4.69) is 17.1 Å². The zero-order chi connectivity index (χ0) is 14.7. The van der Waals surface area contributed by atoms with Crippen molar-refractivity contribution < 1.29 is 9.26 Å². The molecule has 112 valence electrons. The van der Waals surface area contributed by atoms with E-state index in [0.29, 0.717) is 27.8 Å². The second-order valence-electron chi connectivity index (χ2n) is 4.74. The molecule has 1 aromatic heterocycles. The largest absolute Gasteiger partial charge is 0.482 e. The van der Waals surface area contributed by atoms with Crippen molar-refractivity contribution in [2.24, 2.45) is 0 Å². The summed E-state index contributed by atoms with van der Waals surface area (Å²) in [7, 11) is 0. The van der Waals surface area contributed by atoms with Crippen LogP contribution in [0, 0.1) is 0 Å². The number of nitrogens with two attached hydrogens (primary N) is 1. The Balaban J connectivity index is 1.64. The Bertz CT molecular complexity index is 605. The van der Waals surface area contributed by atoms with Crippen molar-refractivity contribution in [2.75, 3.05) is 17.2 Å². The van der Waals surface area contributed by atoms with Crippen LogP contribution in [0.4, 0.5) is 5.69 Å². The van der Waals surface area contributed by atoms with Gasteiger partial charge in [-0.15, -0.1) is 11.8 Å². The Hall–Kier alpha value is -1.34. The lowest BCUT2D eigenvalue weighted by molar-refractivity contribution is 0.243. The number of thioether (sulfide) groups is 2. The topological polar surface area (TPSA) is 74.2 Å². The van der Waals surface area contributed by atoms with Gasteiger partial charge in [-0.2, -0.15) is 16.7 Å². The maximum absolute atomic E-state index is 5.83. The summed E-state index contributed by atoms with van der Waals surface area (Å²) < 4.78 is 10.9. The van der Waals surface area contributed by atoms with Gasteiger partial charge in [-0.25, -0.2) is 0 Å². The molecule has 2 aromatic rings. The molecule has 0 spiro atoms. The fourth-order valence-electron chi connectivity index (χ4n) is 2.11. The van der Waals surface area contributed by atoms with Gasteiger partial charge in [-0.1, -0.05) is 24.2 Å². The van der Waals surface area contributed by atoms with E-state index in [0.717, 1.165) is 11.6 Å². The van der Waals surface area contributed by atoms with Crippen molar-refractivity contribution in [2.45, 2.75) is 24.0 Å². The van der Waals surface area contributed by atoms with Gasteiger partial charge < -0.3 is 15.0 Å². The molecule has 2 unspecified atom stereocenters. The van der Waals surface area contributed by atoms with Crippen LogP contribution in [0.15, 0.2) is 28.8 Å². The SMILES string of the molecule is CC1SCCSC1c1noc(COc2ccccc2N)n1. The summed E-state index contributed by atoms with van der Waals surface area (Å²) in [5, 5.41) is 4.89. The first kappa shape index (κ1) is 14.6. The molecule has 0 radical (unpaired) electrons. The molecule has 0 aliphatic carbocycles. The predicted molar refractivity (Wildman–Crippen MR) is 86.6 cm³/mol. The lowest BCUT2D eigenvalue weighted by Crippen LogP contribution is -2.16. The summed E-state index contributed by atoms with van der Waals surface area (Å²) in [6.45, 7) is 2.44. The number of nitrogen functional groups attached to an aromatic ring is 1. The van der Waals surface area contributed by atoms with Gasteiger partial charge in [0.2, 0.25) is 0 Å². The Morgan fingerprint density at radius 2 is 2.14 bits per heavy atom. The van der Waals surface area contributed by atoms with Gasteiger partial charge in [0.1, 0.15) is 5.75 Å². The van der Waals surface area contributed by atoms with Gasteiger partial charge in [-0.3, -0.25) is 0 Å². The number of benzene rings is 1. The smallest absolute Gasteiger partial charge is 0.264 e. The molecule has 7 heteroatoms. The highest BCUT2D eigenvalue weighted by molar-refractivity contribution is 8.06. The fourth-order valence-corrected chi connectivity index (χ4v) is 4.79. The van der Waals surface area contributed by atoms with Crippen LogP contribution in [0.1, 0.15) is 23.9 Å². The second-order valence-corrected chi connectivity index (χ2v) is 7.47. The predicted octanol–water partition coefficient (Wildman–Crippen LogP) is 3.14. The van der Waals surface area contributed by atoms with Crippen LogP contribution >= 0.6 is 23.5 Å². The highest BCUT2D eigenvalue weighted by atomic mass is 32.2. The average molecular weight is 323 g/mol. The fraction of sp³-hybridized carbons (Fsp3) is 0.429. The van der Waals surface area contributed by atoms with Crippen LogP contribution in [-0.4, -0.2) is 26.9 Å². The standard InChI is InChI=1S/C14H17N3O2S2/c1-9-13(21-7-6-20-9)14-16-12(19-17-14)8-18-11-5-3-2-4-10(11)15/h2-5,9,13H,6-8,15H2,1H3. The molecular weight excluding hydrogens is 306 g/mol. The van der Waals surface area contributed by atoms with Crippen LogP contribution in [-0.2, 0) is 6.61 Å². The minimum absolute atomic E-state index is 0.236. The highest BCUT2D eigenvalue weighted by Crippen LogP contribution is 2.41. The maximum atomic E-state index is 5.83. The van der Waals surface area contributed by atoms with Crippen molar-refractivity contribution >= 4 is 29.2 Å². The lowest BCUT2D eigenvalue weighted by atomic mass is 10.3. The van der Waals surface area contributed by atoms with Crippen molar-refractivity contribution in [3.8, 4) is 5.75 Å². The zero-order valence-corrected chi connectivity index (χ0v) is 13.3. The summed E-state index contributed by atoms with van der Waals surface area (Å²) in [6, 6.07) is 7.36. The minimum Gasteiger partial charge on any atom is -0.482 e. The Morgan fingerprint density at radius 3 is 2.95 bits per heavy atom. The molecule has 0 bridgehead atoms. The number of hydrogen-bond acceptors (Lipinski definition) is 7. The summed E-state index contributed by atoms with van der Waals surface area (Å²) in [5.74, 6) is 4.19. The number of para-hydroxylation sites is 2. The van der Waals surface area contributed by atoms with Gasteiger partial charge in [0, 0.05) is 16.8 Å². The minimum atomic E-state index is 0.236. The van der Waals surface area contributed by atoms with E-state index < -0.39 is 0 Å². The summed E-state index contributed by atoms with van der Waals surface area (Å²) in [4.78, 5) is 4.45. The van der Waals surface area contributed by atoms with Crippen molar-refractivity contribution in [1.29, 1.82) is 0 Å². The molecule has 0 amide bonds. The summed E-state index contributed by atoms with van der Waals surface area (Å²) in [5.41, 5.74) is 6.43. The van der Waals surface area contributed by atoms with Gasteiger partial charge >= 0.3 is 0 Å². The van der Waals surface area contributed by atoms with Gasteiger partial charge in [0.25, 0.3) is 5.89 Å². The van der Waals surface area contributed by atoms with Gasteiger partial charge in [0.15, 0.2) is 12.4 Å². The molecule has 0 saturated carbocycles. The average Bonchev–Trinajstić information content (AvgIpc) is 2.96. The van der Waals surface area contributed by atoms with Gasteiger partial charge in [0.05, 0.1) is 10.9 Å². The molecule has 21 heavy (non-hydrogen) atoms. The van der Waals surface area contributed by atoms with E-state index in [9.17, 15) is 0 Å². The van der Waals surface area contributed by atoms with E-state index in [-0.39, 0.29) is 6.61 Å². The molecule has 3 rings (SSSR count). The summed E-state index contributed by atoms with van der Waals surface area (Å²) >= 11 is 3.84. The quantitative estimate of drug-likeness (QED) is 0.866. The first-order chi connectivity index (χ1) is 10.2. The Labute approximate surface area is 132 Å². The number of rotatable bonds is 4. The molecule has 1 aromatic carbocycles. The molecule has 2 heterocycles. The first-order valence-corrected chi connectivity index (χ1v) is 8.87. The van der Waals surface area contributed by atoms with Crippen LogP contribution < -0.4 is 10.5 Å². The second kappa shape index (κ2) is 6.62. The molecule has 5 nitrogen and oxygen atoms in total. The van der Waals surface area contributed by atoms with Gasteiger partial charge in [-0.05, 0) is 12.1 Å². The molecule has 2 N–H and O–H groups in total. The molecule has 1 aliphatic heterocycles. The van der Waals surface area contributed by atoms with E-state index in [1.807, 2.05) is 41.7 Å². The third kappa shape index (κ3) is 3.47. The van der Waals surface area contributed by atoms with E-state index in [4.69, 9.17) is 15.0 Å². The van der Waals surface area contributed by atoms with E-state index in [1.54, 1.807) is 6.07 Å². The van der Waals surface area contributed by atoms with Crippen molar-refractivity contribution in [3.63, 3.8) is 0 Å². The lowest BCUT2D eigenvalue weighted by Gasteiger charge is -2.24. The number of hydrogen-bond donors (Lipinski definition) is 1. The number of ether oxygens (including phenoxy) is 1. The first-order valence-electron chi connectivity index (χ1n) is 6.77. The number of aromatic nitrogens is 2. The number of nitrogens with zero attached hydrogens (tertiary/aromatic N) is 2. The van der Waals surface area contributed by atoms with Crippen LogP contribution in [0.2, 0.25) is 0 Å². The third-order valence-corrected chi connectivity index (χ3v) is 6.28. The molecule has 1 aliphatic rings. The van der Waals surface area contributed by atoms with Crippen molar-refractivity contribution in [1.82, 2.24) is 10.1 Å². The molecule has 1 fully saturated rings. The molecular formula is C14H17N3O2S2.